The van der Waals surface area contributed by atoms with Gasteiger partial charge in [0.15, 0.2) is 0 Å². The van der Waals surface area contributed by atoms with Crippen LogP contribution < -0.4 is 5.32 Å². The van der Waals surface area contributed by atoms with Crippen LogP contribution in [0, 0.1) is 6.92 Å². The second-order valence-electron chi connectivity index (χ2n) is 4.83. The normalized spacial score (nSPS) is 17.6. The summed E-state index contributed by atoms with van der Waals surface area (Å²) < 4.78 is 0. The Morgan fingerprint density at radius 2 is 1.90 bits per heavy atom. The molecule has 1 aliphatic heterocycles. The molecule has 0 saturated carbocycles. The van der Waals surface area contributed by atoms with Crippen LogP contribution in [0.2, 0.25) is 5.02 Å². The maximum Gasteiger partial charge on any atom is 0.264 e. The summed E-state index contributed by atoms with van der Waals surface area (Å²) in [5.41, 5.74) is 2.97. The quantitative estimate of drug-likeness (QED) is 0.626. The molecular formula is C16H12Cl2N2O. The number of amides is 1. The van der Waals surface area contributed by atoms with Crippen molar-refractivity contribution >= 4 is 40.5 Å². The second kappa shape index (κ2) is 5.51. The van der Waals surface area contributed by atoms with Gasteiger partial charge in [0.2, 0.25) is 5.50 Å². The van der Waals surface area contributed by atoms with Gasteiger partial charge < -0.3 is 5.32 Å². The maximum absolute atomic E-state index is 11.9. The van der Waals surface area contributed by atoms with Crippen LogP contribution in [0.5, 0.6) is 0 Å². The fraction of sp³-hybridized carbons (Fsp3) is 0.125. The van der Waals surface area contributed by atoms with Gasteiger partial charge in [0.05, 0.1) is 11.4 Å². The predicted octanol–water partition coefficient (Wildman–Crippen LogP) is 4.00. The van der Waals surface area contributed by atoms with Crippen LogP contribution in [0.4, 0.5) is 5.69 Å². The predicted molar refractivity (Wildman–Crippen MR) is 86.5 cm³/mol. The van der Waals surface area contributed by atoms with Crippen molar-refractivity contribution in [2.45, 2.75) is 12.4 Å². The minimum atomic E-state index is -0.982. The molecule has 1 heterocycles. The molecule has 106 valence electrons. The Balaban J connectivity index is 2.27. The van der Waals surface area contributed by atoms with Crippen molar-refractivity contribution in [3.8, 4) is 0 Å². The second-order valence-corrected chi connectivity index (χ2v) is 5.65. The average Bonchev–Trinajstić information content (AvgIpc) is 2.58. The molecule has 3 rings (SSSR count). The van der Waals surface area contributed by atoms with Crippen molar-refractivity contribution in [1.29, 1.82) is 0 Å². The highest BCUT2D eigenvalue weighted by Gasteiger charge is 2.24. The van der Waals surface area contributed by atoms with E-state index in [1.807, 2.05) is 43.3 Å². The minimum absolute atomic E-state index is 0.344. The fourth-order valence-electron chi connectivity index (χ4n) is 2.26. The van der Waals surface area contributed by atoms with E-state index in [1.54, 1.807) is 6.07 Å². The number of benzodiazepines with no additional fused rings is 1. The van der Waals surface area contributed by atoms with Gasteiger partial charge >= 0.3 is 0 Å². The summed E-state index contributed by atoms with van der Waals surface area (Å²) in [6, 6.07) is 13.1. The number of nitrogens with zero attached hydrogens (tertiary/aromatic N) is 1. The van der Waals surface area contributed by atoms with Crippen LogP contribution in [0.15, 0.2) is 47.5 Å². The molecule has 0 fully saturated rings. The molecule has 1 N–H and O–H groups in total. The highest BCUT2D eigenvalue weighted by atomic mass is 35.5. The molecule has 1 unspecified atom stereocenters. The van der Waals surface area contributed by atoms with Crippen LogP contribution in [0.25, 0.3) is 0 Å². The van der Waals surface area contributed by atoms with E-state index in [-0.39, 0.29) is 5.91 Å². The molecule has 0 saturated heterocycles. The summed E-state index contributed by atoms with van der Waals surface area (Å²) in [6.45, 7) is 1.98. The number of aliphatic imine (C=N–C) groups is 1. The first-order valence-electron chi connectivity index (χ1n) is 6.45. The molecule has 2 aromatic rings. The Labute approximate surface area is 132 Å². The van der Waals surface area contributed by atoms with Gasteiger partial charge in [-0.05, 0) is 25.1 Å². The Kier molecular flexibility index (Phi) is 3.70. The first-order valence-corrected chi connectivity index (χ1v) is 7.26. The van der Waals surface area contributed by atoms with Crippen molar-refractivity contribution in [1.82, 2.24) is 0 Å². The lowest BCUT2D eigenvalue weighted by Gasteiger charge is -2.11. The lowest BCUT2D eigenvalue weighted by Crippen LogP contribution is -2.20. The first-order chi connectivity index (χ1) is 10.1. The van der Waals surface area contributed by atoms with Gasteiger partial charge in [0.25, 0.3) is 5.91 Å². The monoisotopic (exact) mass is 318 g/mol. The molecular weight excluding hydrogens is 307 g/mol. The molecule has 0 aromatic heterocycles. The topological polar surface area (TPSA) is 41.5 Å². The van der Waals surface area contributed by atoms with Crippen molar-refractivity contribution < 1.29 is 4.79 Å². The zero-order valence-corrected chi connectivity index (χ0v) is 12.7. The Morgan fingerprint density at radius 1 is 1.14 bits per heavy atom. The van der Waals surface area contributed by atoms with Gasteiger partial charge in [-0.25, -0.2) is 0 Å². The van der Waals surface area contributed by atoms with Gasteiger partial charge in [-0.1, -0.05) is 53.0 Å². The highest BCUT2D eigenvalue weighted by Crippen LogP contribution is 2.28. The third kappa shape index (κ3) is 2.67. The van der Waals surface area contributed by atoms with Crippen molar-refractivity contribution in [3.05, 3.63) is 64.2 Å². The lowest BCUT2D eigenvalue weighted by atomic mass is 9.99. The summed E-state index contributed by atoms with van der Waals surface area (Å²) >= 11 is 12.3. The van der Waals surface area contributed by atoms with E-state index >= 15 is 0 Å². The van der Waals surface area contributed by atoms with Crippen LogP contribution in [-0.4, -0.2) is 17.1 Å². The summed E-state index contributed by atoms with van der Waals surface area (Å²) in [6.07, 6.45) is 0. The van der Waals surface area contributed by atoms with E-state index in [1.165, 1.54) is 0 Å². The molecule has 2 aromatic carbocycles. The van der Waals surface area contributed by atoms with Crippen LogP contribution in [0.1, 0.15) is 16.7 Å². The van der Waals surface area contributed by atoms with E-state index in [9.17, 15) is 4.79 Å². The number of halogens is 2. The van der Waals surface area contributed by atoms with Crippen molar-refractivity contribution in [2.24, 2.45) is 4.99 Å². The van der Waals surface area contributed by atoms with Gasteiger partial charge in [-0.15, -0.1) is 0 Å². The van der Waals surface area contributed by atoms with Crippen LogP contribution >= 0.6 is 23.2 Å². The summed E-state index contributed by atoms with van der Waals surface area (Å²) in [5.74, 6) is -0.344. The molecule has 0 aliphatic carbocycles. The third-order valence-corrected chi connectivity index (χ3v) is 3.90. The Morgan fingerprint density at radius 3 is 2.67 bits per heavy atom. The fourth-order valence-corrected chi connectivity index (χ4v) is 2.64. The van der Waals surface area contributed by atoms with E-state index in [0.717, 1.165) is 16.7 Å². The summed E-state index contributed by atoms with van der Waals surface area (Å²) in [4.78, 5) is 16.3. The van der Waals surface area contributed by atoms with Gasteiger partial charge in [0.1, 0.15) is 0 Å². The molecule has 0 bridgehead atoms. The average molecular weight is 319 g/mol. The van der Waals surface area contributed by atoms with E-state index in [2.05, 4.69) is 10.3 Å². The van der Waals surface area contributed by atoms with Crippen molar-refractivity contribution in [2.75, 3.05) is 5.32 Å². The van der Waals surface area contributed by atoms with E-state index < -0.39 is 5.50 Å². The van der Waals surface area contributed by atoms with Gasteiger partial charge in [0, 0.05) is 16.1 Å². The number of hydrogen-bond donors (Lipinski definition) is 1. The molecule has 1 atom stereocenters. The summed E-state index contributed by atoms with van der Waals surface area (Å²) in [7, 11) is 0. The number of hydrogen-bond acceptors (Lipinski definition) is 2. The van der Waals surface area contributed by atoms with Crippen LogP contribution in [-0.2, 0) is 4.79 Å². The standard InChI is InChI=1S/C16H12Cl2N2O/c1-9-6-7-13-11(8-9)14(20-15(18)16(21)19-13)10-4-2-3-5-12(10)17/h2-8,15H,1H3,(H,19,21). The number of carbonyl (C=O) groups is 1. The highest BCUT2D eigenvalue weighted by molar-refractivity contribution is 6.38. The lowest BCUT2D eigenvalue weighted by molar-refractivity contribution is -0.115. The maximum atomic E-state index is 11.9. The number of carbonyl (C=O) groups excluding carboxylic acids is 1. The Bertz CT molecular complexity index is 756. The zero-order valence-electron chi connectivity index (χ0n) is 11.2. The van der Waals surface area contributed by atoms with E-state index in [4.69, 9.17) is 23.2 Å². The Hall–Kier alpha value is -1.84. The van der Waals surface area contributed by atoms with Crippen molar-refractivity contribution in [3.63, 3.8) is 0 Å². The smallest absolute Gasteiger partial charge is 0.264 e. The third-order valence-electron chi connectivity index (χ3n) is 3.28. The number of fused-ring (bicyclic) bond motifs is 1. The van der Waals surface area contributed by atoms with E-state index in [0.29, 0.717) is 16.4 Å². The van der Waals surface area contributed by atoms with Gasteiger partial charge in [-0.2, -0.15) is 0 Å². The molecule has 0 spiro atoms. The number of benzene rings is 2. The number of rotatable bonds is 1. The summed E-state index contributed by atoms with van der Waals surface area (Å²) in [5, 5.41) is 3.36. The number of alkyl halides is 1. The van der Waals surface area contributed by atoms with Gasteiger partial charge in [-0.3, -0.25) is 9.79 Å². The molecule has 0 radical (unpaired) electrons. The zero-order chi connectivity index (χ0) is 15.0. The number of anilines is 1. The minimum Gasteiger partial charge on any atom is -0.322 e. The number of aryl methyl sites for hydroxylation is 1. The first kappa shape index (κ1) is 14.1. The molecule has 1 aliphatic rings. The van der Waals surface area contributed by atoms with Crippen LogP contribution in [0.3, 0.4) is 0 Å². The molecule has 1 amide bonds. The molecule has 21 heavy (non-hydrogen) atoms. The number of nitrogens with one attached hydrogen (secondary N) is 1. The molecule has 3 nitrogen and oxygen atoms in total. The molecule has 5 heteroatoms. The largest absolute Gasteiger partial charge is 0.322 e. The SMILES string of the molecule is Cc1ccc2c(c1)C(c1ccccc1Cl)=NC(Cl)C(=O)N2.